The van der Waals surface area contributed by atoms with Crippen LogP contribution in [-0.4, -0.2) is 9.78 Å². The summed E-state index contributed by atoms with van der Waals surface area (Å²) in [5.41, 5.74) is 10.0. The molecule has 0 bridgehead atoms. The molecule has 1 aromatic heterocycles. The fraction of sp³-hybridized carbons (Fsp3) is 0.0625. The fourth-order valence-corrected chi connectivity index (χ4v) is 2.18. The summed E-state index contributed by atoms with van der Waals surface area (Å²) >= 11 is 5.90. The lowest BCUT2D eigenvalue weighted by Crippen LogP contribution is -2.01. The second-order valence-corrected chi connectivity index (χ2v) is 5.15. The molecule has 0 unspecified atom stereocenters. The van der Waals surface area contributed by atoms with Gasteiger partial charge in [-0.25, -0.2) is 4.68 Å². The van der Waals surface area contributed by atoms with E-state index in [1.54, 1.807) is 4.68 Å². The van der Waals surface area contributed by atoms with Crippen molar-refractivity contribution < 1.29 is 0 Å². The van der Waals surface area contributed by atoms with Gasteiger partial charge < -0.3 is 5.73 Å². The summed E-state index contributed by atoms with van der Waals surface area (Å²) in [6.45, 7) is 2.05. The lowest BCUT2D eigenvalue weighted by Gasteiger charge is -2.04. The van der Waals surface area contributed by atoms with Crippen LogP contribution in [0.4, 0.5) is 5.82 Å². The molecule has 0 spiro atoms. The first kappa shape index (κ1) is 12.8. The van der Waals surface area contributed by atoms with E-state index in [9.17, 15) is 0 Å². The van der Waals surface area contributed by atoms with Gasteiger partial charge in [-0.1, -0.05) is 41.4 Å². The van der Waals surface area contributed by atoms with Crippen LogP contribution in [0.25, 0.3) is 16.9 Å². The molecular weight excluding hydrogens is 270 g/mol. The highest BCUT2D eigenvalue weighted by Crippen LogP contribution is 2.24. The number of nitrogens with zero attached hydrogens (tertiary/aromatic N) is 2. The highest BCUT2D eigenvalue weighted by atomic mass is 35.5. The number of halogens is 1. The third-order valence-electron chi connectivity index (χ3n) is 3.16. The molecule has 20 heavy (non-hydrogen) atoms. The SMILES string of the molecule is Cc1ccc(-n2nc(-c3ccc(Cl)cc3)cc2N)cc1. The van der Waals surface area contributed by atoms with Crippen LogP contribution in [0, 0.1) is 6.92 Å². The van der Waals surface area contributed by atoms with E-state index in [4.69, 9.17) is 17.3 Å². The summed E-state index contributed by atoms with van der Waals surface area (Å²) in [7, 11) is 0. The van der Waals surface area contributed by atoms with E-state index >= 15 is 0 Å². The number of hydrogen-bond donors (Lipinski definition) is 1. The molecule has 0 saturated heterocycles. The van der Waals surface area contributed by atoms with Crippen molar-refractivity contribution in [3.05, 3.63) is 65.2 Å². The number of benzene rings is 2. The molecule has 2 aromatic carbocycles. The molecule has 0 fully saturated rings. The first-order chi connectivity index (χ1) is 9.63. The Morgan fingerprint density at radius 2 is 1.65 bits per heavy atom. The van der Waals surface area contributed by atoms with E-state index < -0.39 is 0 Å². The molecule has 3 aromatic rings. The molecule has 2 N–H and O–H groups in total. The maximum Gasteiger partial charge on any atom is 0.127 e. The predicted octanol–water partition coefficient (Wildman–Crippen LogP) is 4.08. The van der Waals surface area contributed by atoms with Gasteiger partial charge >= 0.3 is 0 Å². The zero-order valence-corrected chi connectivity index (χ0v) is 11.8. The maximum atomic E-state index is 6.05. The van der Waals surface area contributed by atoms with Crippen molar-refractivity contribution in [3.63, 3.8) is 0 Å². The van der Waals surface area contributed by atoms with E-state index in [2.05, 4.69) is 12.0 Å². The average molecular weight is 284 g/mol. The Labute approximate surface area is 122 Å². The van der Waals surface area contributed by atoms with E-state index in [0.717, 1.165) is 16.9 Å². The summed E-state index contributed by atoms with van der Waals surface area (Å²) in [4.78, 5) is 0. The Balaban J connectivity index is 2.02. The van der Waals surface area contributed by atoms with Gasteiger partial charge in [-0.05, 0) is 31.2 Å². The molecule has 0 atom stereocenters. The van der Waals surface area contributed by atoms with Gasteiger partial charge in [0.1, 0.15) is 5.82 Å². The first-order valence-corrected chi connectivity index (χ1v) is 6.70. The standard InChI is InChI=1S/C16H14ClN3/c1-11-2-8-14(9-3-11)20-16(18)10-15(19-20)12-4-6-13(17)7-5-12/h2-10H,18H2,1H3. The number of aromatic nitrogens is 2. The molecule has 0 saturated carbocycles. The quantitative estimate of drug-likeness (QED) is 0.770. The predicted molar refractivity (Wildman–Crippen MR) is 83.2 cm³/mol. The summed E-state index contributed by atoms with van der Waals surface area (Å²) in [6.07, 6.45) is 0. The van der Waals surface area contributed by atoms with Crippen molar-refractivity contribution in [2.24, 2.45) is 0 Å². The third kappa shape index (κ3) is 2.40. The number of hydrogen-bond acceptors (Lipinski definition) is 2. The Morgan fingerprint density at radius 3 is 2.30 bits per heavy atom. The minimum absolute atomic E-state index is 0.610. The maximum absolute atomic E-state index is 6.05. The molecule has 0 aliphatic carbocycles. The number of nitrogen functional groups attached to an aromatic ring is 1. The highest BCUT2D eigenvalue weighted by Gasteiger charge is 2.08. The van der Waals surface area contributed by atoms with Gasteiger partial charge in [0, 0.05) is 16.7 Å². The Bertz CT molecular complexity index is 727. The lowest BCUT2D eigenvalue weighted by atomic mass is 10.1. The van der Waals surface area contributed by atoms with Crippen molar-refractivity contribution >= 4 is 17.4 Å². The summed E-state index contributed by atoms with van der Waals surface area (Å²) in [5, 5.41) is 5.27. The average Bonchev–Trinajstić information content (AvgIpc) is 2.82. The van der Waals surface area contributed by atoms with Crippen LogP contribution in [0.5, 0.6) is 0 Å². The van der Waals surface area contributed by atoms with Crippen LogP contribution in [0.15, 0.2) is 54.6 Å². The van der Waals surface area contributed by atoms with Gasteiger partial charge in [-0.15, -0.1) is 0 Å². The van der Waals surface area contributed by atoms with Crippen molar-refractivity contribution in [2.75, 3.05) is 5.73 Å². The fourth-order valence-electron chi connectivity index (χ4n) is 2.05. The summed E-state index contributed by atoms with van der Waals surface area (Å²) < 4.78 is 1.74. The normalized spacial score (nSPS) is 10.7. The van der Waals surface area contributed by atoms with Crippen LogP contribution in [0.2, 0.25) is 5.02 Å². The van der Waals surface area contributed by atoms with Crippen LogP contribution in [-0.2, 0) is 0 Å². The Morgan fingerprint density at radius 1 is 1.00 bits per heavy atom. The molecule has 0 aliphatic heterocycles. The van der Waals surface area contributed by atoms with E-state index in [1.165, 1.54) is 5.56 Å². The molecule has 0 radical (unpaired) electrons. The highest BCUT2D eigenvalue weighted by molar-refractivity contribution is 6.30. The molecule has 1 heterocycles. The van der Waals surface area contributed by atoms with Crippen LogP contribution in [0.3, 0.4) is 0 Å². The monoisotopic (exact) mass is 283 g/mol. The summed E-state index contributed by atoms with van der Waals surface area (Å²) in [5.74, 6) is 0.610. The van der Waals surface area contributed by atoms with Gasteiger partial charge in [-0.3, -0.25) is 0 Å². The van der Waals surface area contributed by atoms with Gasteiger partial charge in [0.15, 0.2) is 0 Å². The molecule has 3 nitrogen and oxygen atoms in total. The smallest absolute Gasteiger partial charge is 0.127 e. The summed E-state index contributed by atoms with van der Waals surface area (Å²) in [6, 6.07) is 17.5. The molecular formula is C16H14ClN3. The minimum Gasteiger partial charge on any atom is -0.384 e. The minimum atomic E-state index is 0.610. The number of rotatable bonds is 2. The van der Waals surface area contributed by atoms with Gasteiger partial charge in [0.25, 0.3) is 0 Å². The van der Waals surface area contributed by atoms with Gasteiger partial charge in [0.05, 0.1) is 11.4 Å². The Kier molecular flexibility index (Phi) is 3.20. The van der Waals surface area contributed by atoms with Gasteiger partial charge in [0.2, 0.25) is 0 Å². The second kappa shape index (κ2) is 5.02. The van der Waals surface area contributed by atoms with Crippen LogP contribution < -0.4 is 5.73 Å². The van der Waals surface area contributed by atoms with Crippen LogP contribution in [0.1, 0.15) is 5.56 Å². The molecule has 4 heteroatoms. The largest absolute Gasteiger partial charge is 0.384 e. The first-order valence-electron chi connectivity index (χ1n) is 6.32. The second-order valence-electron chi connectivity index (χ2n) is 4.71. The number of anilines is 1. The topological polar surface area (TPSA) is 43.8 Å². The van der Waals surface area contributed by atoms with Crippen LogP contribution >= 0.6 is 11.6 Å². The third-order valence-corrected chi connectivity index (χ3v) is 3.41. The van der Waals surface area contributed by atoms with E-state index in [0.29, 0.717) is 10.8 Å². The van der Waals surface area contributed by atoms with E-state index in [1.807, 2.05) is 54.6 Å². The molecule has 100 valence electrons. The molecule has 0 amide bonds. The van der Waals surface area contributed by atoms with Crippen molar-refractivity contribution in [3.8, 4) is 16.9 Å². The zero-order valence-electron chi connectivity index (χ0n) is 11.0. The zero-order chi connectivity index (χ0) is 14.1. The van der Waals surface area contributed by atoms with Crippen molar-refractivity contribution in [1.29, 1.82) is 0 Å². The van der Waals surface area contributed by atoms with Gasteiger partial charge in [-0.2, -0.15) is 5.10 Å². The molecule has 0 aliphatic rings. The van der Waals surface area contributed by atoms with Crippen molar-refractivity contribution in [2.45, 2.75) is 6.92 Å². The number of aryl methyl sites for hydroxylation is 1. The van der Waals surface area contributed by atoms with E-state index in [-0.39, 0.29) is 0 Å². The Hall–Kier alpha value is -2.26. The van der Waals surface area contributed by atoms with Crippen molar-refractivity contribution in [1.82, 2.24) is 9.78 Å². The molecule has 3 rings (SSSR count). The number of nitrogens with two attached hydrogens (primary N) is 1. The lowest BCUT2D eigenvalue weighted by molar-refractivity contribution is 0.894.